The van der Waals surface area contributed by atoms with Crippen molar-refractivity contribution in [3.05, 3.63) is 60.7 Å². The van der Waals surface area contributed by atoms with Crippen molar-refractivity contribution in [3.8, 4) is 11.5 Å². The highest BCUT2D eigenvalue weighted by Gasteiger charge is 2.26. The molecule has 0 fully saturated rings. The van der Waals surface area contributed by atoms with E-state index in [1.165, 1.54) is 0 Å². The molecule has 0 aliphatic carbocycles. The second-order valence-electron chi connectivity index (χ2n) is 6.12. The third-order valence-corrected chi connectivity index (χ3v) is 4.81. The summed E-state index contributed by atoms with van der Waals surface area (Å²) < 4.78 is 67.0. The van der Waals surface area contributed by atoms with E-state index >= 15 is 0 Å². The lowest BCUT2D eigenvalue weighted by molar-refractivity contribution is -0.135. The maximum atomic E-state index is 14.2. The fourth-order valence-corrected chi connectivity index (χ4v) is 3.33. The normalized spacial score (nSPS) is 12.8. The maximum absolute atomic E-state index is 14.2. The summed E-state index contributed by atoms with van der Waals surface area (Å²) in [5, 5.41) is 0. The van der Waals surface area contributed by atoms with Crippen LogP contribution in [-0.4, -0.2) is 12.5 Å². The minimum absolute atomic E-state index is 0.0578. The van der Waals surface area contributed by atoms with Gasteiger partial charge in [0, 0.05) is 12.8 Å². The van der Waals surface area contributed by atoms with Gasteiger partial charge in [-0.25, -0.2) is 4.39 Å². The summed E-state index contributed by atoms with van der Waals surface area (Å²) in [6.45, 7) is 0. The van der Waals surface area contributed by atoms with E-state index in [1.807, 2.05) is 12.1 Å². The highest BCUT2D eigenvalue weighted by Crippen LogP contribution is 2.43. The van der Waals surface area contributed by atoms with Crippen LogP contribution in [0, 0.1) is 0 Å². The Balaban J connectivity index is 1.78. The molecule has 0 saturated carbocycles. The lowest BCUT2D eigenvalue weighted by Crippen LogP contribution is -2.09. The van der Waals surface area contributed by atoms with Crippen molar-refractivity contribution in [2.45, 2.75) is 51.1 Å². The minimum Gasteiger partial charge on any atom is -0.418 e. The molecule has 0 N–H and O–H groups in total. The molecule has 0 saturated heterocycles. The fraction of sp³-hybridized carbons (Fsp3) is 0.400. The standard InChI is InChI=1S/C20H23F4O3P/c21-19(15-9-1-2-10-16-20(22,23)24)27-28(25-17-11-5-3-6-12-17)26-18-13-7-4-8-14-18/h3-8,11-14,19H,1-2,9-10,15-16H2. The average molecular weight is 418 g/mol. The van der Waals surface area contributed by atoms with Gasteiger partial charge in [0.1, 0.15) is 11.5 Å². The lowest BCUT2D eigenvalue weighted by Gasteiger charge is -2.19. The van der Waals surface area contributed by atoms with Gasteiger partial charge in [-0.05, 0) is 37.1 Å². The fourth-order valence-electron chi connectivity index (χ4n) is 2.33. The van der Waals surface area contributed by atoms with Crippen molar-refractivity contribution in [1.82, 2.24) is 0 Å². The molecule has 0 amide bonds. The third kappa shape index (κ3) is 9.90. The van der Waals surface area contributed by atoms with Crippen molar-refractivity contribution in [2.24, 2.45) is 0 Å². The van der Waals surface area contributed by atoms with Gasteiger partial charge in [0.2, 0.25) is 6.36 Å². The van der Waals surface area contributed by atoms with Gasteiger partial charge in [0.15, 0.2) is 0 Å². The average Bonchev–Trinajstić information content (AvgIpc) is 2.65. The summed E-state index contributed by atoms with van der Waals surface area (Å²) >= 11 is 0. The van der Waals surface area contributed by atoms with Crippen molar-refractivity contribution in [3.63, 3.8) is 0 Å². The number of alkyl halides is 4. The molecule has 0 aliphatic heterocycles. The van der Waals surface area contributed by atoms with Crippen molar-refractivity contribution >= 4 is 8.60 Å². The van der Waals surface area contributed by atoms with E-state index < -0.39 is 27.6 Å². The quantitative estimate of drug-likeness (QED) is 0.202. The van der Waals surface area contributed by atoms with E-state index in [0.717, 1.165) is 0 Å². The van der Waals surface area contributed by atoms with Gasteiger partial charge in [-0.3, -0.25) is 4.52 Å². The van der Waals surface area contributed by atoms with E-state index in [4.69, 9.17) is 13.6 Å². The monoisotopic (exact) mass is 418 g/mol. The highest BCUT2D eigenvalue weighted by molar-refractivity contribution is 7.42. The van der Waals surface area contributed by atoms with Gasteiger partial charge in [0.05, 0.1) is 0 Å². The number of hydrogen-bond donors (Lipinski definition) is 0. The highest BCUT2D eigenvalue weighted by atomic mass is 31.2. The number of unbranched alkanes of at least 4 members (excludes halogenated alkanes) is 3. The molecule has 154 valence electrons. The largest absolute Gasteiger partial charge is 0.465 e. The minimum atomic E-state index is -4.13. The van der Waals surface area contributed by atoms with Crippen LogP contribution in [0.15, 0.2) is 60.7 Å². The number of halogens is 4. The van der Waals surface area contributed by atoms with Crippen LogP contribution in [0.5, 0.6) is 11.5 Å². The molecule has 1 unspecified atom stereocenters. The van der Waals surface area contributed by atoms with Crippen LogP contribution in [0.25, 0.3) is 0 Å². The summed E-state index contributed by atoms with van der Waals surface area (Å²) in [7, 11) is -2.02. The van der Waals surface area contributed by atoms with Crippen LogP contribution in [0.3, 0.4) is 0 Å². The predicted octanol–water partition coefficient (Wildman–Crippen LogP) is 7.59. The predicted molar refractivity (Wildman–Crippen MR) is 101 cm³/mol. The van der Waals surface area contributed by atoms with Crippen LogP contribution < -0.4 is 9.05 Å². The molecule has 0 radical (unpaired) electrons. The molecule has 2 rings (SSSR count). The Hall–Kier alpha value is -1.85. The Morgan fingerprint density at radius 1 is 0.750 bits per heavy atom. The number of rotatable bonds is 12. The van der Waals surface area contributed by atoms with Crippen LogP contribution in [0.4, 0.5) is 17.6 Å². The van der Waals surface area contributed by atoms with Gasteiger partial charge in [-0.2, -0.15) is 13.2 Å². The number of benzene rings is 2. The molecule has 28 heavy (non-hydrogen) atoms. The van der Waals surface area contributed by atoms with E-state index in [1.54, 1.807) is 48.5 Å². The van der Waals surface area contributed by atoms with Gasteiger partial charge >= 0.3 is 14.8 Å². The molecule has 0 aromatic heterocycles. The van der Waals surface area contributed by atoms with Gasteiger partial charge < -0.3 is 9.05 Å². The van der Waals surface area contributed by atoms with Crippen LogP contribution in [0.2, 0.25) is 0 Å². The summed E-state index contributed by atoms with van der Waals surface area (Å²) in [5.41, 5.74) is 0. The first-order valence-corrected chi connectivity index (χ1v) is 10.2. The van der Waals surface area contributed by atoms with Crippen molar-refractivity contribution in [2.75, 3.05) is 0 Å². The molecule has 0 heterocycles. The summed E-state index contributed by atoms with van der Waals surface area (Å²) in [5.74, 6) is 0.979. The second-order valence-corrected chi connectivity index (χ2v) is 7.14. The van der Waals surface area contributed by atoms with E-state index in [9.17, 15) is 17.6 Å². The molecular weight excluding hydrogens is 395 g/mol. The SMILES string of the molecule is FC(CCCCCCC(F)(F)F)OP(Oc1ccccc1)Oc1ccccc1. The molecule has 2 aromatic carbocycles. The maximum Gasteiger partial charge on any atom is 0.465 e. The van der Waals surface area contributed by atoms with E-state index in [-0.39, 0.29) is 12.8 Å². The summed E-state index contributed by atoms with van der Waals surface area (Å²) in [4.78, 5) is 0. The Labute approximate surface area is 163 Å². The van der Waals surface area contributed by atoms with Crippen LogP contribution >= 0.6 is 8.60 Å². The molecule has 1 atom stereocenters. The second kappa shape index (κ2) is 11.9. The zero-order valence-corrected chi connectivity index (χ0v) is 16.2. The zero-order chi connectivity index (χ0) is 20.2. The van der Waals surface area contributed by atoms with E-state index in [2.05, 4.69) is 0 Å². The lowest BCUT2D eigenvalue weighted by atomic mass is 10.1. The first-order chi connectivity index (χ1) is 13.4. The molecular formula is C20H23F4O3P. The Morgan fingerprint density at radius 2 is 1.25 bits per heavy atom. The molecule has 0 aliphatic rings. The summed E-state index contributed by atoms with van der Waals surface area (Å²) in [6.07, 6.45) is -5.09. The summed E-state index contributed by atoms with van der Waals surface area (Å²) in [6, 6.07) is 17.6. The van der Waals surface area contributed by atoms with Crippen molar-refractivity contribution in [1.29, 1.82) is 0 Å². The van der Waals surface area contributed by atoms with Gasteiger partial charge in [-0.15, -0.1) is 0 Å². The third-order valence-electron chi connectivity index (χ3n) is 3.69. The molecule has 2 aromatic rings. The Morgan fingerprint density at radius 3 is 1.75 bits per heavy atom. The number of hydrogen-bond acceptors (Lipinski definition) is 3. The molecule has 8 heteroatoms. The zero-order valence-electron chi connectivity index (χ0n) is 15.3. The molecule has 0 bridgehead atoms. The van der Waals surface area contributed by atoms with Crippen LogP contribution in [0.1, 0.15) is 38.5 Å². The van der Waals surface area contributed by atoms with Gasteiger partial charge in [0.25, 0.3) is 0 Å². The Bertz CT molecular complexity index is 614. The molecule has 0 spiro atoms. The van der Waals surface area contributed by atoms with Crippen molar-refractivity contribution < 1.29 is 31.1 Å². The number of para-hydroxylation sites is 2. The Kier molecular flexibility index (Phi) is 9.51. The van der Waals surface area contributed by atoms with Gasteiger partial charge in [-0.1, -0.05) is 49.2 Å². The van der Waals surface area contributed by atoms with Crippen LogP contribution in [-0.2, 0) is 4.52 Å². The first-order valence-electron chi connectivity index (χ1n) is 9.06. The smallest absolute Gasteiger partial charge is 0.418 e. The first kappa shape index (κ1) is 22.4. The van der Waals surface area contributed by atoms with E-state index in [0.29, 0.717) is 30.8 Å². The molecule has 3 nitrogen and oxygen atoms in total. The topological polar surface area (TPSA) is 27.7 Å².